The monoisotopic (exact) mass is 306 g/mol. The molecule has 2 aromatic rings. The zero-order chi connectivity index (χ0) is 14.8. The van der Waals surface area contributed by atoms with Crippen LogP contribution >= 0.6 is 11.3 Å². The standard InChI is InChI=1S/C15H15FN2O2S/c1-9-14(15(19)18-11-4-5-11)21-13(17-9)8-20-12-6-2-10(16)3-7-12/h2-3,6-7,11H,4-5,8H2,1H3,(H,18,19). The summed E-state index contributed by atoms with van der Waals surface area (Å²) in [5.74, 6) is 0.222. The molecule has 0 atom stereocenters. The highest BCUT2D eigenvalue weighted by molar-refractivity contribution is 7.13. The first-order valence-electron chi connectivity index (χ1n) is 6.77. The SMILES string of the molecule is Cc1nc(COc2ccc(F)cc2)sc1C(=O)NC1CC1. The average Bonchev–Trinajstić information content (AvgIpc) is 3.19. The van der Waals surface area contributed by atoms with E-state index in [9.17, 15) is 9.18 Å². The van der Waals surface area contributed by atoms with E-state index in [-0.39, 0.29) is 18.3 Å². The van der Waals surface area contributed by atoms with Crippen molar-refractivity contribution in [3.63, 3.8) is 0 Å². The minimum absolute atomic E-state index is 0.0551. The maximum atomic E-state index is 12.8. The zero-order valence-electron chi connectivity index (χ0n) is 11.6. The van der Waals surface area contributed by atoms with Crippen molar-refractivity contribution in [2.75, 3.05) is 0 Å². The van der Waals surface area contributed by atoms with Gasteiger partial charge in [0.15, 0.2) is 0 Å². The molecule has 0 aliphatic heterocycles. The van der Waals surface area contributed by atoms with Gasteiger partial charge in [0.1, 0.15) is 28.1 Å². The molecule has 1 heterocycles. The van der Waals surface area contributed by atoms with Gasteiger partial charge in [-0.1, -0.05) is 0 Å². The van der Waals surface area contributed by atoms with E-state index < -0.39 is 0 Å². The van der Waals surface area contributed by atoms with Gasteiger partial charge in [-0.2, -0.15) is 0 Å². The highest BCUT2D eigenvalue weighted by atomic mass is 32.1. The highest BCUT2D eigenvalue weighted by Crippen LogP contribution is 2.23. The lowest BCUT2D eigenvalue weighted by molar-refractivity contribution is 0.0954. The summed E-state index contributed by atoms with van der Waals surface area (Å²) in [6.45, 7) is 2.09. The molecule has 0 unspecified atom stereocenters. The Bertz CT molecular complexity index is 650. The Morgan fingerprint density at radius 3 is 2.81 bits per heavy atom. The van der Waals surface area contributed by atoms with E-state index in [4.69, 9.17) is 4.74 Å². The van der Waals surface area contributed by atoms with Crippen LogP contribution in [0.25, 0.3) is 0 Å². The molecule has 1 saturated carbocycles. The number of nitrogens with zero attached hydrogens (tertiary/aromatic N) is 1. The first kappa shape index (κ1) is 14.0. The number of rotatable bonds is 5. The topological polar surface area (TPSA) is 51.2 Å². The lowest BCUT2D eigenvalue weighted by Crippen LogP contribution is -2.25. The number of aryl methyl sites for hydroxylation is 1. The number of carbonyl (C=O) groups excluding carboxylic acids is 1. The number of amides is 1. The molecule has 4 nitrogen and oxygen atoms in total. The number of hydrogen-bond acceptors (Lipinski definition) is 4. The summed E-state index contributed by atoms with van der Waals surface area (Å²) in [5, 5.41) is 3.69. The van der Waals surface area contributed by atoms with E-state index in [0.717, 1.165) is 23.5 Å². The van der Waals surface area contributed by atoms with Crippen LogP contribution in [0.5, 0.6) is 5.75 Å². The second-order valence-electron chi connectivity index (χ2n) is 5.01. The Hall–Kier alpha value is -1.95. The Labute approximate surface area is 126 Å². The molecule has 0 saturated heterocycles. The zero-order valence-corrected chi connectivity index (χ0v) is 12.4. The maximum absolute atomic E-state index is 12.8. The lowest BCUT2D eigenvalue weighted by Gasteiger charge is -2.03. The van der Waals surface area contributed by atoms with Gasteiger partial charge in [-0.25, -0.2) is 9.37 Å². The smallest absolute Gasteiger partial charge is 0.263 e. The normalized spacial score (nSPS) is 14.0. The minimum Gasteiger partial charge on any atom is -0.486 e. The van der Waals surface area contributed by atoms with Crippen molar-refractivity contribution in [2.45, 2.75) is 32.4 Å². The number of ether oxygens (including phenoxy) is 1. The second-order valence-corrected chi connectivity index (χ2v) is 6.10. The van der Waals surface area contributed by atoms with Gasteiger partial charge in [0.2, 0.25) is 0 Å². The van der Waals surface area contributed by atoms with Gasteiger partial charge < -0.3 is 10.1 Å². The highest BCUT2D eigenvalue weighted by Gasteiger charge is 2.25. The number of hydrogen-bond donors (Lipinski definition) is 1. The van der Waals surface area contributed by atoms with Crippen molar-refractivity contribution >= 4 is 17.2 Å². The molecule has 0 radical (unpaired) electrons. The van der Waals surface area contributed by atoms with E-state index in [1.54, 1.807) is 12.1 Å². The molecule has 1 fully saturated rings. The third kappa shape index (κ3) is 3.58. The fraction of sp³-hybridized carbons (Fsp3) is 0.333. The predicted octanol–water partition coefficient (Wildman–Crippen LogP) is 3.06. The van der Waals surface area contributed by atoms with E-state index in [0.29, 0.717) is 16.7 Å². The molecule has 1 N–H and O–H groups in total. The third-order valence-corrected chi connectivity index (χ3v) is 4.27. The molecule has 3 rings (SSSR count). The quantitative estimate of drug-likeness (QED) is 0.923. The van der Waals surface area contributed by atoms with Gasteiger partial charge in [-0.15, -0.1) is 11.3 Å². The maximum Gasteiger partial charge on any atom is 0.263 e. The second kappa shape index (κ2) is 5.81. The largest absolute Gasteiger partial charge is 0.486 e. The van der Waals surface area contributed by atoms with Gasteiger partial charge >= 0.3 is 0 Å². The fourth-order valence-electron chi connectivity index (χ4n) is 1.88. The van der Waals surface area contributed by atoms with E-state index in [2.05, 4.69) is 10.3 Å². The van der Waals surface area contributed by atoms with Gasteiger partial charge in [0, 0.05) is 6.04 Å². The van der Waals surface area contributed by atoms with Crippen molar-refractivity contribution in [1.82, 2.24) is 10.3 Å². The molecular formula is C15H15FN2O2S. The number of thiazole rings is 1. The summed E-state index contributed by atoms with van der Waals surface area (Å²) in [6.07, 6.45) is 2.12. The Kier molecular flexibility index (Phi) is 3.88. The van der Waals surface area contributed by atoms with E-state index >= 15 is 0 Å². The first-order valence-corrected chi connectivity index (χ1v) is 7.59. The fourth-order valence-corrected chi connectivity index (χ4v) is 2.76. The lowest BCUT2D eigenvalue weighted by atomic mass is 10.3. The van der Waals surface area contributed by atoms with Crippen LogP contribution in [0.15, 0.2) is 24.3 Å². The molecule has 1 amide bonds. The van der Waals surface area contributed by atoms with Crippen molar-refractivity contribution in [2.24, 2.45) is 0 Å². The van der Waals surface area contributed by atoms with Crippen LogP contribution in [0.3, 0.4) is 0 Å². The molecule has 0 bridgehead atoms. The third-order valence-electron chi connectivity index (χ3n) is 3.14. The Morgan fingerprint density at radius 1 is 1.43 bits per heavy atom. The number of carbonyl (C=O) groups is 1. The summed E-state index contributed by atoms with van der Waals surface area (Å²) >= 11 is 1.34. The van der Waals surface area contributed by atoms with Gasteiger partial charge in [-0.3, -0.25) is 4.79 Å². The summed E-state index contributed by atoms with van der Waals surface area (Å²) < 4.78 is 18.3. The van der Waals surface area contributed by atoms with Crippen molar-refractivity contribution in [3.05, 3.63) is 45.7 Å². The molecule has 6 heteroatoms. The molecule has 1 aromatic carbocycles. The van der Waals surface area contributed by atoms with Crippen LogP contribution in [-0.4, -0.2) is 16.9 Å². The summed E-state index contributed by atoms with van der Waals surface area (Å²) in [4.78, 5) is 17.0. The Balaban J connectivity index is 1.63. The number of halogens is 1. The first-order chi connectivity index (χ1) is 10.1. The van der Waals surface area contributed by atoms with Gasteiger partial charge in [-0.05, 0) is 44.0 Å². The van der Waals surface area contributed by atoms with Crippen LogP contribution in [0, 0.1) is 12.7 Å². The summed E-state index contributed by atoms with van der Waals surface area (Å²) in [5.41, 5.74) is 0.718. The van der Waals surface area contributed by atoms with E-state index in [1.807, 2.05) is 6.92 Å². The van der Waals surface area contributed by atoms with Crippen LogP contribution in [-0.2, 0) is 6.61 Å². The molecular weight excluding hydrogens is 291 g/mol. The van der Waals surface area contributed by atoms with Crippen LogP contribution in [0.2, 0.25) is 0 Å². The molecule has 1 aliphatic rings. The number of aromatic nitrogens is 1. The molecule has 1 aliphatic carbocycles. The number of nitrogens with one attached hydrogen (secondary N) is 1. The molecule has 1 aromatic heterocycles. The Morgan fingerprint density at radius 2 is 2.14 bits per heavy atom. The van der Waals surface area contributed by atoms with E-state index in [1.165, 1.54) is 23.5 Å². The molecule has 0 spiro atoms. The summed E-state index contributed by atoms with van der Waals surface area (Å²) in [7, 11) is 0. The minimum atomic E-state index is -0.300. The van der Waals surface area contributed by atoms with Crippen molar-refractivity contribution in [3.8, 4) is 5.75 Å². The van der Waals surface area contributed by atoms with Crippen LogP contribution < -0.4 is 10.1 Å². The number of benzene rings is 1. The summed E-state index contributed by atoms with van der Waals surface area (Å²) in [6, 6.07) is 6.15. The predicted molar refractivity (Wildman–Crippen MR) is 78.1 cm³/mol. The van der Waals surface area contributed by atoms with Crippen molar-refractivity contribution in [1.29, 1.82) is 0 Å². The average molecular weight is 306 g/mol. The van der Waals surface area contributed by atoms with Gasteiger partial charge in [0.05, 0.1) is 5.69 Å². The van der Waals surface area contributed by atoms with Crippen LogP contribution in [0.1, 0.15) is 33.2 Å². The molecule has 110 valence electrons. The van der Waals surface area contributed by atoms with Crippen molar-refractivity contribution < 1.29 is 13.9 Å². The van der Waals surface area contributed by atoms with Crippen LogP contribution in [0.4, 0.5) is 4.39 Å². The van der Waals surface area contributed by atoms with Gasteiger partial charge in [0.25, 0.3) is 5.91 Å². The molecule has 21 heavy (non-hydrogen) atoms.